The van der Waals surface area contributed by atoms with E-state index in [0.29, 0.717) is 11.7 Å². The van der Waals surface area contributed by atoms with Crippen molar-refractivity contribution in [2.75, 3.05) is 5.32 Å². The Balaban J connectivity index is 1.37. The second-order valence-electron chi connectivity index (χ2n) is 6.84. The topological polar surface area (TPSA) is 76.0 Å². The molecule has 0 radical (unpaired) electrons. The van der Waals surface area contributed by atoms with Crippen LogP contribution in [-0.4, -0.2) is 27.6 Å². The van der Waals surface area contributed by atoms with Gasteiger partial charge in [-0.05, 0) is 50.2 Å². The Labute approximate surface area is 150 Å². The van der Waals surface area contributed by atoms with Gasteiger partial charge in [-0.25, -0.2) is 0 Å². The Morgan fingerprint density at radius 1 is 1.24 bits per heavy atom. The molecular formula is C18H22N4O2S. The summed E-state index contributed by atoms with van der Waals surface area (Å²) < 4.78 is 1.55. The maximum Gasteiger partial charge on any atom is 0.265 e. The number of carbonyl (C=O) groups is 2. The van der Waals surface area contributed by atoms with Gasteiger partial charge < -0.3 is 10.6 Å². The largest absolute Gasteiger partial charge is 0.352 e. The van der Waals surface area contributed by atoms with Crippen molar-refractivity contribution in [3.63, 3.8) is 0 Å². The number of thiophene rings is 1. The minimum atomic E-state index is -0.0972. The molecule has 2 N–H and O–H groups in total. The van der Waals surface area contributed by atoms with Crippen molar-refractivity contribution >= 4 is 28.8 Å². The van der Waals surface area contributed by atoms with E-state index in [-0.39, 0.29) is 18.4 Å². The van der Waals surface area contributed by atoms with Gasteiger partial charge in [0.1, 0.15) is 6.54 Å². The van der Waals surface area contributed by atoms with Crippen LogP contribution in [-0.2, 0) is 24.2 Å². The van der Waals surface area contributed by atoms with E-state index >= 15 is 0 Å². The molecule has 4 rings (SSSR count). The standard InChI is InChI=1S/C18H22N4O2S/c23-17(20-13-6-7-13)11-22-10-14(9-19-22)21-18(24)16-8-12-4-2-1-3-5-15(12)25-16/h8-10,13H,1-7,11H2,(H,20,23)(H,21,24). The second-order valence-corrected chi connectivity index (χ2v) is 7.98. The van der Waals surface area contributed by atoms with Crippen LogP contribution >= 0.6 is 11.3 Å². The van der Waals surface area contributed by atoms with Crippen LogP contribution in [0.15, 0.2) is 18.5 Å². The number of hydrogen-bond acceptors (Lipinski definition) is 4. The van der Waals surface area contributed by atoms with E-state index in [9.17, 15) is 9.59 Å². The van der Waals surface area contributed by atoms with E-state index in [2.05, 4.69) is 15.7 Å². The highest BCUT2D eigenvalue weighted by Gasteiger charge is 2.23. The zero-order valence-corrected chi connectivity index (χ0v) is 14.9. The molecular weight excluding hydrogens is 336 g/mol. The Kier molecular flexibility index (Phi) is 4.57. The summed E-state index contributed by atoms with van der Waals surface area (Å²) in [6.07, 6.45) is 11.3. The van der Waals surface area contributed by atoms with Gasteiger partial charge in [0.05, 0.1) is 16.8 Å². The van der Waals surface area contributed by atoms with Gasteiger partial charge in [0.25, 0.3) is 5.91 Å². The van der Waals surface area contributed by atoms with Gasteiger partial charge in [-0.15, -0.1) is 11.3 Å². The third-order valence-corrected chi connectivity index (χ3v) is 5.85. The quantitative estimate of drug-likeness (QED) is 0.807. The van der Waals surface area contributed by atoms with E-state index in [1.165, 1.54) is 29.7 Å². The SMILES string of the molecule is O=C(Cn1cc(NC(=O)c2cc3c(s2)CCCCC3)cn1)NC1CC1. The normalized spacial score (nSPS) is 16.8. The number of amides is 2. The first kappa shape index (κ1) is 16.3. The average molecular weight is 358 g/mol. The number of nitrogens with zero attached hydrogens (tertiary/aromatic N) is 2. The molecule has 1 saturated carbocycles. The fraction of sp³-hybridized carbons (Fsp3) is 0.500. The number of aromatic nitrogens is 2. The molecule has 2 aliphatic carbocycles. The molecule has 2 aromatic heterocycles. The van der Waals surface area contributed by atoms with Gasteiger partial charge in [-0.3, -0.25) is 14.3 Å². The molecule has 0 atom stereocenters. The summed E-state index contributed by atoms with van der Waals surface area (Å²) in [7, 11) is 0. The maximum atomic E-state index is 12.5. The van der Waals surface area contributed by atoms with Crippen molar-refractivity contribution in [1.29, 1.82) is 0 Å². The van der Waals surface area contributed by atoms with Gasteiger partial charge in [-0.1, -0.05) is 6.42 Å². The van der Waals surface area contributed by atoms with Crippen molar-refractivity contribution in [3.8, 4) is 0 Å². The van der Waals surface area contributed by atoms with Gasteiger partial charge >= 0.3 is 0 Å². The van der Waals surface area contributed by atoms with Crippen LogP contribution in [0.3, 0.4) is 0 Å². The highest BCUT2D eigenvalue weighted by molar-refractivity contribution is 7.14. The first-order valence-corrected chi connectivity index (χ1v) is 9.74. The number of carbonyl (C=O) groups excluding carboxylic acids is 2. The van der Waals surface area contributed by atoms with Crippen molar-refractivity contribution in [2.24, 2.45) is 0 Å². The third-order valence-electron chi connectivity index (χ3n) is 4.61. The molecule has 7 heteroatoms. The minimum absolute atomic E-state index is 0.0366. The molecule has 0 saturated heterocycles. The lowest BCUT2D eigenvalue weighted by atomic mass is 10.1. The van der Waals surface area contributed by atoms with Crippen molar-refractivity contribution < 1.29 is 9.59 Å². The lowest BCUT2D eigenvalue weighted by Crippen LogP contribution is -2.29. The van der Waals surface area contributed by atoms with Gasteiger partial charge in [0.2, 0.25) is 5.91 Å². The van der Waals surface area contributed by atoms with E-state index < -0.39 is 0 Å². The molecule has 0 aliphatic heterocycles. The highest BCUT2D eigenvalue weighted by Crippen LogP contribution is 2.29. The number of fused-ring (bicyclic) bond motifs is 1. The molecule has 0 bridgehead atoms. The second kappa shape index (κ2) is 7.00. The average Bonchev–Trinajstić information content (AvgIpc) is 3.21. The van der Waals surface area contributed by atoms with Crippen LogP contribution in [0, 0.1) is 0 Å². The molecule has 2 aromatic rings. The monoisotopic (exact) mass is 358 g/mol. The molecule has 2 aliphatic rings. The molecule has 0 aromatic carbocycles. The molecule has 2 heterocycles. The Morgan fingerprint density at radius 3 is 2.92 bits per heavy atom. The summed E-state index contributed by atoms with van der Waals surface area (Å²) in [5.41, 5.74) is 1.95. The Morgan fingerprint density at radius 2 is 2.08 bits per heavy atom. The Hall–Kier alpha value is -2.15. The molecule has 0 spiro atoms. The highest BCUT2D eigenvalue weighted by atomic mass is 32.1. The molecule has 0 unspecified atom stereocenters. The molecule has 25 heavy (non-hydrogen) atoms. The zero-order chi connectivity index (χ0) is 17.2. The molecule has 1 fully saturated rings. The predicted molar refractivity (Wildman–Crippen MR) is 96.9 cm³/mol. The lowest BCUT2D eigenvalue weighted by molar-refractivity contribution is -0.122. The zero-order valence-electron chi connectivity index (χ0n) is 14.1. The first-order valence-electron chi connectivity index (χ1n) is 8.92. The lowest BCUT2D eigenvalue weighted by Gasteiger charge is -2.03. The fourth-order valence-electron chi connectivity index (χ4n) is 3.13. The van der Waals surface area contributed by atoms with Crippen LogP contribution in [0.1, 0.15) is 52.2 Å². The van der Waals surface area contributed by atoms with Crippen LogP contribution in [0.2, 0.25) is 0 Å². The minimum Gasteiger partial charge on any atom is -0.352 e. The van der Waals surface area contributed by atoms with Gasteiger partial charge in [0.15, 0.2) is 0 Å². The van der Waals surface area contributed by atoms with Crippen LogP contribution < -0.4 is 10.6 Å². The summed E-state index contributed by atoms with van der Waals surface area (Å²) in [5, 5.41) is 9.96. The smallest absolute Gasteiger partial charge is 0.265 e. The summed E-state index contributed by atoms with van der Waals surface area (Å²) in [6, 6.07) is 2.38. The summed E-state index contributed by atoms with van der Waals surface area (Å²) in [6.45, 7) is 0.180. The van der Waals surface area contributed by atoms with Gasteiger partial charge in [0, 0.05) is 17.1 Å². The van der Waals surface area contributed by atoms with Crippen LogP contribution in [0.4, 0.5) is 5.69 Å². The predicted octanol–water partition coefficient (Wildman–Crippen LogP) is 2.74. The summed E-state index contributed by atoms with van der Waals surface area (Å²) in [5.74, 6) is -0.134. The fourth-order valence-corrected chi connectivity index (χ4v) is 4.28. The number of nitrogens with one attached hydrogen (secondary N) is 2. The summed E-state index contributed by atoms with van der Waals surface area (Å²) >= 11 is 1.60. The molecule has 132 valence electrons. The third kappa shape index (κ3) is 4.10. The van der Waals surface area contributed by atoms with E-state index in [4.69, 9.17) is 0 Å². The summed E-state index contributed by atoms with van der Waals surface area (Å²) in [4.78, 5) is 26.4. The first-order chi connectivity index (χ1) is 12.2. The van der Waals surface area contributed by atoms with Crippen LogP contribution in [0.25, 0.3) is 0 Å². The van der Waals surface area contributed by atoms with E-state index in [1.54, 1.807) is 28.4 Å². The van der Waals surface area contributed by atoms with Crippen molar-refractivity contribution in [3.05, 3.63) is 33.8 Å². The molecule has 2 amide bonds. The van der Waals surface area contributed by atoms with Gasteiger partial charge in [-0.2, -0.15) is 5.10 Å². The van der Waals surface area contributed by atoms with E-state index in [1.807, 2.05) is 6.07 Å². The molecule has 6 nitrogen and oxygen atoms in total. The van der Waals surface area contributed by atoms with Crippen molar-refractivity contribution in [2.45, 2.75) is 57.5 Å². The van der Waals surface area contributed by atoms with Crippen molar-refractivity contribution in [1.82, 2.24) is 15.1 Å². The van der Waals surface area contributed by atoms with Crippen LogP contribution in [0.5, 0.6) is 0 Å². The number of hydrogen-bond donors (Lipinski definition) is 2. The number of aryl methyl sites for hydroxylation is 2. The number of rotatable bonds is 5. The number of anilines is 1. The maximum absolute atomic E-state index is 12.5. The Bertz CT molecular complexity index is 767. The van der Waals surface area contributed by atoms with E-state index in [0.717, 1.165) is 30.6 Å².